The highest BCUT2D eigenvalue weighted by molar-refractivity contribution is 9.10. The van der Waals surface area contributed by atoms with Crippen molar-refractivity contribution in [2.24, 2.45) is 0 Å². The Morgan fingerprint density at radius 2 is 2.47 bits per heavy atom. The molecule has 17 heavy (non-hydrogen) atoms. The van der Waals surface area contributed by atoms with Crippen LogP contribution in [0.2, 0.25) is 0 Å². The minimum atomic E-state index is 0.463. The van der Waals surface area contributed by atoms with Gasteiger partial charge in [0.1, 0.15) is 0 Å². The lowest BCUT2D eigenvalue weighted by Gasteiger charge is -2.30. The van der Waals surface area contributed by atoms with Gasteiger partial charge in [-0.05, 0) is 42.5 Å². The maximum atomic E-state index is 5.52. The Balaban J connectivity index is 2.01. The van der Waals surface area contributed by atoms with Crippen LogP contribution in [0.15, 0.2) is 15.9 Å². The van der Waals surface area contributed by atoms with Crippen molar-refractivity contribution in [3.8, 4) is 0 Å². The molecule has 0 aromatic carbocycles. The van der Waals surface area contributed by atoms with E-state index in [0.29, 0.717) is 12.1 Å². The van der Waals surface area contributed by atoms with Crippen molar-refractivity contribution >= 4 is 27.3 Å². The molecule has 0 spiro atoms. The standard InChI is InChI=1S/C12H19BrN2OS/c1-15(2)11(12-5-9(13)8-17-12)6-10-7-16-4-3-14-10/h5,8,10-11,14H,3-4,6-7H2,1-2H3. The maximum absolute atomic E-state index is 5.52. The first-order chi connectivity index (χ1) is 8.16. The van der Waals surface area contributed by atoms with Crippen LogP contribution in [0, 0.1) is 0 Å². The molecule has 0 radical (unpaired) electrons. The highest BCUT2D eigenvalue weighted by atomic mass is 79.9. The molecule has 2 rings (SSSR count). The van der Waals surface area contributed by atoms with Crippen LogP contribution in [0.3, 0.4) is 0 Å². The smallest absolute Gasteiger partial charge is 0.0620 e. The molecular weight excluding hydrogens is 300 g/mol. The molecule has 0 amide bonds. The molecule has 1 N–H and O–H groups in total. The average Bonchev–Trinajstić information content (AvgIpc) is 2.73. The second-order valence-electron chi connectivity index (χ2n) is 4.61. The van der Waals surface area contributed by atoms with E-state index in [1.807, 2.05) is 11.3 Å². The van der Waals surface area contributed by atoms with Gasteiger partial charge in [-0.3, -0.25) is 0 Å². The Morgan fingerprint density at radius 1 is 1.65 bits per heavy atom. The van der Waals surface area contributed by atoms with Crippen LogP contribution in [0.25, 0.3) is 0 Å². The van der Waals surface area contributed by atoms with Crippen LogP contribution in [0.1, 0.15) is 17.3 Å². The molecule has 3 nitrogen and oxygen atoms in total. The Kier molecular flexibility index (Phi) is 4.99. The highest BCUT2D eigenvalue weighted by Crippen LogP contribution is 2.31. The largest absolute Gasteiger partial charge is 0.379 e. The van der Waals surface area contributed by atoms with Crippen LogP contribution in [0.4, 0.5) is 0 Å². The third-order valence-electron chi connectivity index (χ3n) is 3.05. The summed E-state index contributed by atoms with van der Waals surface area (Å²) >= 11 is 5.34. The number of nitrogens with zero attached hydrogens (tertiary/aromatic N) is 1. The van der Waals surface area contributed by atoms with Crippen molar-refractivity contribution in [3.63, 3.8) is 0 Å². The van der Waals surface area contributed by atoms with Crippen LogP contribution in [-0.2, 0) is 4.74 Å². The molecule has 0 bridgehead atoms. The molecule has 1 aromatic heterocycles. The van der Waals surface area contributed by atoms with Crippen molar-refractivity contribution in [3.05, 3.63) is 20.8 Å². The van der Waals surface area contributed by atoms with Gasteiger partial charge < -0.3 is 15.0 Å². The molecule has 2 heterocycles. The number of rotatable bonds is 4. The van der Waals surface area contributed by atoms with Gasteiger partial charge in [-0.15, -0.1) is 11.3 Å². The predicted molar refractivity (Wildman–Crippen MR) is 75.7 cm³/mol. The van der Waals surface area contributed by atoms with Crippen LogP contribution >= 0.6 is 27.3 Å². The zero-order valence-electron chi connectivity index (χ0n) is 10.3. The molecule has 0 saturated carbocycles. The molecule has 96 valence electrons. The summed E-state index contributed by atoms with van der Waals surface area (Å²) in [6.45, 7) is 2.64. The fourth-order valence-electron chi connectivity index (χ4n) is 2.13. The Hall–Kier alpha value is 0.0600. The van der Waals surface area contributed by atoms with E-state index in [1.54, 1.807) is 0 Å². The summed E-state index contributed by atoms with van der Waals surface area (Å²) in [7, 11) is 4.28. The number of ether oxygens (including phenoxy) is 1. The Bertz CT molecular complexity index is 350. The highest BCUT2D eigenvalue weighted by Gasteiger charge is 2.22. The van der Waals surface area contributed by atoms with Crippen LogP contribution in [0.5, 0.6) is 0 Å². The average molecular weight is 319 g/mol. The fraction of sp³-hybridized carbons (Fsp3) is 0.667. The minimum Gasteiger partial charge on any atom is -0.379 e. The van der Waals surface area contributed by atoms with E-state index >= 15 is 0 Å². The van der Waals surface area contributed by atoms with Gasteiger partial charge in [-0.2, -0.15) is 0 Å². The van der Waals surface area contributed by atoms with Gasteiger partial charge in [0, 0.05) is 33.4 Å². The first kappa shape index (κ1) is 13.5. The zero-order valence-corrected chi connectivity index (χ0v) is 12.7. The number of morpholine rings is 1. The number of hydrogen-bond donors (Lipinski definition) is 1. The van der Waals surface area contributed by atoms with Crippen LogP contribution in [-0.4, -0.2) is 44.8 Å². The molecule has 5 heteroatoms. The summed E-state index contributed by atoms with van der Waals surface area (Å²) < 4.78 is 6.69. The summed E-state index contributed by atoms with van der Waals surface area (Å²) in [6, 6.07) is 3.15. The van der Waals surface area contributed by atoms with Crippen molar-refractivity contribution in [2.45, 2.75) is 18.5 Å². The van der Waals surface area contributed by atoms with E-state index in [0.717, 1.165) is 26.2 Å². The summed E-state index contributed by atoms with van der Waals surface area (Å²) in [5, 5.41) is 5.67. The van der Waals surface area contributed by atoms with Gasteiger partial charge in [0.05, 0.1) is 13.2 Å². The van der Waals surface area contributed by atoms with Crippen LogP contribution < -0.4 is 5.32 Å². The topological polar surface area (TPSA) is 24.5 Å². The van der Waals surface area contributed by atoms with E-state index < -0.39 is 0 Å². The quantitative estimate of drug-likeness (QED) is 0.923. The molecule has 0 aliphatic carbocycles. The second kappa shape index (κ2) is 6.29. The monoisotopic (exact) mass is 318 g/mol. The lowest BCUT2D eigenvalue weighted by atomic mass is 10.0. The van der Waals surface area contributed by atoms with Gasteiger partial charge >= 0.3 is 0 Å². The Morgan fingerprint density at radius 3 is 3.00 bits per heavy atom. The Labute approximate surface area is 115 Å². The molecule has 2 atom stereocenters. The summed E-state index contributed by atoms with van der Waals surface area (Å²) in [5.74, 6) is 0. The third-order valence-corrected chi connectivity index (χ3v) is 4.84. The second-order valence-corrected chi connectivity index (χ2v) is 6.47. The number of halogens is 1. The molecule has 1 aliphatic rings. The zero-order chi connectivity index (χ0) is 12.3. The SMILES string of the molecule is CN(C)C(CC1COCCN1)c1cc(Br)cs1. The molecular formula is C12H19BrN2OS. The van der Waals surface area contributed by atoms with Gasteiger partial charge in [-0.25, -0.2) is 0 Å². The van der Waals surface area contributed by atoms with Crippen molar-refractivity contribution in [1.82, 2.24) is 10.2 Å². The van der Waals surface area contributed by atoms with E-state index in [4.69, 9.17) is 4.74 Å². The van der Waals surface area contributed by atoms with Gasteiger partial charge in [0.2, 0.25) is 0 Å². The van der Waals surface area contributed by atoms with E-state index in [2.05, 4.69) is 51.7 Å². The van der Waals surface area contributed by atoms with E-state index in [1.165, 1.54) is 9.35 Å². The van der Waals surface area contributed by atoms with Crippen molar-refractivity contribution in [1.29, 1.82) is 0 Å². The van der Waals surface area contributed by atoms with Gasteiger partial charge in [-0.1, -0.05) is 0 Å². The summed E-state index contributed by atoms with van der Waals surface area (Å²) in [6.07, 6.45) is 1.10. The summed E-state index contributed by atoms with van der Waals surface area (Å²) in [5.41, 5.74) is 0. The molecule has 1 aliphatic heterocycles. The molecule has 2 unspecified atom stereocenters. The van der Waals surface area contributed by atoms with Crippen molar-refractivity contribution in [2.75, 3.05) is 33.9 Å². The van der Waals surface area contributed by atoms with Gasteiger partial charge in [0.25, 0.3) is 0 Å². The maximum Gasteiger partial charge on any atom is 0.0620 e. The predicted octanol–water partition coefficient (Wildman–Crippen LogP) is 2.49. The lowest BCUT2D eigenvalue weighted by molar-refractivity contribution is 0.0651. The third kappa shape index (κ3) is 3.76. The molecule has 1 aromatic rings. The first-order valence-corrected chi connectivity index (χ1v) is 7.55. The van der Waals surface area contributed by atoms with Gasteiger partial charge in [0.15, 0.2) is 0 Å². The normalized spacial score (nSPS) is 22.9. The molecule has 1 saturated heterocycles. The number of thiophene rings is 1. The molecule has 1 fully saturated rings. The van der Waals surface area contributed by atoms with E-state index in [9.17, 15) is 0 Å². The minimum absolute atomic E-state index is 0.463. The number of hydrogen-bond acceptors (Lipinski definition) is 4. The number of nitrogens with one attached hydrogen (secondary N) is 1. The summed E-state index contributed by atoms with van der Waals surface area (Å²) in [4.78, 5) is 3.70. The van der Waals surface area contributed by atoms with Crippen molar-refractivity contribution < 1.29 is 4.74 Å². The first-order valence-electron chi connectivity index (χ1n) is 5.88. The van der Waals surface area contributed by atoms with E-state index in [-0.39, 0.29) is 0 Å². The fourth-order valence-corrected chi connectivity index (χ4v) is 3.78. The lowest BCUT2D eigenvalue weighted by Crippen LogP contribution is -2.43.